The van der Waals surface area contributed by atoms with E-state index >= 15 is 0 Å². The molecule has 10 heteroatoms. The number of fused-ring (bicyclic) bond motifs is 15. The molecular formula is C46H26N10. The van der Waals surface area contributed by atoms with E-state index in [-0.39, 0.29) is 0 Å². The fraction of sp³-hybridized carbons (Fsp3) is 0. The highest BCUT2D eigenvalue weighted by molar-refractivity contribution is 5.98. The monoisotopic (exact) mass is 718 g/mol. The normalized spacial score (nSPS) is 12.3. The Hall–Kier alpha value is -8.16. The van der Waals surface area contributed by atoms with Gasteiger partial charge >= 0.3 is 0 Å². The summed E-state index contributed by atoms with van der Waals surface area (Å²) in [6.45, 7) is 0. The molecule has 13 aromatic rings. The first kappa shape index (κ1) is 29.3. The largest absolute Gasteiger partial charge is 0.277 e. The molecule has 260 valence electrons. The minimum atomic E-state index is 0.472. The first-order valence-electron chi connectivity index (χ1n) is 18.5. The molecule has 6 aromatic heterocycles. The summed E-state index contributed by atoms with van der Waals surface area (Å²) < 4.78 is 13.1. The van der Waals surface area contributed by atoms with Gasteiger partial charge in [-0.15, -0.1) is 0 Å². The standard InChI is InChI=1S/C46H26N10/c47-27-28-32(51-36-19-7-8-20-37(36)52-33-16-4-1-13-29(33)48-44(51)52)25-26-42(55-39-22-10-9-21-38(39)53-34-17-5-2-14-30(34)49-45(53)55)43(28)56-41-24-12-11-23-40(41)54-35-18-6-3-15-31(35)50-46(54)56/h1-26H. The Morgan fingerprint density at radius 3 is 1.09 bits per heavy atom. The fourth-order valence-corrected chi connectivity index (χ4v) is 9.02. The van der Waals surface area contributed by atoms with Crippen LogP contribution in [0.15, 0.2) is 158 Å². The summed E-state index contributed by atoms with van der Waals surface area (Å²) in [5, 5.41) is 11.7. The van der Waals surface area contributed by atoms with Crippen LogP contribution in [0.25, 0.3) is 101 Å². The molecule has 0 N–H and O–H groups in total. The SMILES string of the molecule is N#Cc1c(-n2c3ccccc3n3c4ccccc4nc23)ccc(-n2c3ccccc3n3c4ccccc4nc23)c1-n1c2ccccc2n2c3ccccc3nc12. The Morgan fingerprint density at radius 2 is 0.661 bits per heavy atom. The van der Waals surface area contributed by atoms with Crippen molar-refractivity contribution in [2.45, 2.75) is 0 Å². The number of nitrogens with zero attached hydrogens (tertiary/aromatic N) is 10. The molecule has 0 radical (unpaired) electrons. The van der Waals surface area contributed by atoms with Crippen LogP contribution in [0.1, 0.15) is 5.56 Å². The third kappa shape index (κ3) is 3.56. The molecule has 0 atom stereocenters. The Morgan fingerprint density at radius 1 is 0.339 bits per heavy atom. The van der Waals surface area contributed by atoms with Gasteiger partial charge in [0.25, 0.3) is 0 Å². The van der Waals surface area contributed by atoms with Crippen molar-refractivity contribution in [1.29, 1.82) is 5.26 Å². The van der Waals surface area contributed by atoms with Gasteiger partial charge in [0.2, 0.25) is 17.3 Å². The highest BCUT2D eigenvalue weighted by Gasteiger charge is 2.29. The molecule has 7 aromatic carbocycles. The topological polar surface area (TPSA) is 90.5 Å². The van der Waals surface area contributed by atoms with E-state index in [0.717, 1.165) is 83.4 Å². The third-order valence-electron chi connectivity index (χ3n) is 11.3. The van der Waals surface area contributed by atoms with Crippen molar-refractivity contribution in [3.63, 3.8) is 0 Å². The van der Waals surface area contributed by atoms with Crippen LogP contribution in [0.3, 0.4) is 0 Å². The molecule has 0 fully saturated rings. The molecule has 0 aliphatic heterocycles. The van der Waals surface area contributed by atoms with Gasteiger partial charge < -0.3 is 0 Å². The molecular weight excluding hydrogens is 693 g/mol. The Balaban J connectivity index is 1.26. The second-order valence-corrected chi connectivity index (χ2v) is 14.1. The zero-order chi connectivity index (χ0) is 36.6. The quantitative estimate of drug-likeness (QED) is 0.182. The van der Waals surface area contributed by atoms with Crippen molar-refractivity contribution in [3.05, 3.63) is 163 Å². The van der Waals surface area contributed by atoms with Crippen LogP contribution >= 0.6 is 0 Å². The summed E-state index contributed by atoms with van der Waals surface area (Å²) in [4.78, 5) is 15.7. The van der Waals surface area contributed by atoms with E-state index in [2.05, 4.69) is 112 Å². The number of aromatic nitrogens is 9. The molecule has 0 unspecified atom stereocenters. The van der Waals surface area contributed by atoms with Crippen LogP contribution < -0.4 is 0 Å². The zero-order valence-corrected chi connectivity index (χ0v) is 29.5. The van der Waals surface area contributed by atoms with Crippen molar-refractivity contribution < 1.29 is 0 Å². The van der Waals surface area contributed by atoms with Crippen LogP contribution in [-0.2, 0) is 0 Å². The van der Waals surface area contributed by atoms with E-state index < -0.39 is 0 Å². The van der Waals surface area contributed by atoms with Gasteiger partial charge in [-0.2, -0.15) is 5.26 Å². The molecule has 0 spiro atoms. The Bertz CT molecular complexity index is 3850. The molecule has 13 rings (SSSR count). The smallest absolute Gasteiger partial charge is 0.220 e. The molecule has 6 heterocycles. The number of hydrogen-bond acceptors (Lipinski definition) is 4. The van der Waals surface area contributed by atoms with Crippen molar-refractivity contribution in [3.8, 4) is 23.1 Å². The summed E-state index contributed by atoms with van der Waals surface area (Å²) in [5.41, 5.74) is 14.1. The highest BCUT2D eigenvalue weighted by atomic mass is 15.3. The van der Waals surface area contributed by atoms with Crippen LogP contribution in [0.5, 0.6) is 0 Å². The van der Waals surface area contributed by atoms with Crippen LogP contribution in [-0.4, -0.2) is 41.9 Å². The minimum Gasteiger partial charge on any atom is -0.277 e. The summed E-state index contributed by atoms with van der Waals surface area (Å²) >= 11 is 0. The lowest BCUT2D eigenvalue weighted by Gasteiger charge is -2.19. The van der Waals surface area contributed by atoms with E-state index in [9.17, 15) is 5.26 Å². The summed E-state index contributed by atoms with van der Waals surface area (Å²) in [6, 6.07) is 56.4. The van der Waals surface area contributed by atoms with Crippen LogP contribution in [0.2, 0.25) is 0 Å². The molecule has 0 amide bonds. The van der Waals surface area contributed by atoms with Crippen molar-refractivity contribution in [1.82, 2.24) is 41.9 Å². The summed E-state index contributed by atoms with van der Waals surface area (Å²) in [5.74, 6) is 2.18. The Labute approximate surface area is 316 Å². The fourth-order valence-electron chi connectivity index (χ4n) is 9.02. The molecule has 10 nitrogen and oxygen atoms in total. The van der Waals surface area contributed by atoms with E-state index in [1.54, 1.807) is 0 Å². The maximum atomic E-state index is 11.7. The number of rotatable bonds is 3. The minimum absolute atomic E-state index is 0.472. The maximum absolute atomic E-state index is 11.7. The lowest BCUT2D eigenvalue weighted by Crippen LogP contribution is -2.10. The van der Waals surface area contributed by atoms with Gasteiger partial charge in [0.1, 0.15) is 11.6 Å². The van der Waals surface area contributed by atoms with E-state index in [4.69, 9.17) is 15.0 Å². The van der Waals surface area contributed by atoms with E-state index in [1.807, 2.05) is 78.9 Å². The Kier molecular flexibility index (Phi) is 5.49. The molecule has 0 saturated carbocycles. The second kappa shape index (κ2) is 10.5. The summed E-state index contributed by atoms with van der Waals surface area (Å²) in [7, 11) is 0. The van der Waals surface area contributed by atoms with Gasteiger partial charge in [-0.1, -0.05) is 72.8 Å². The average molecular weight is 719 g/mol. The summed E-state index contributed by atoms with van der Waals surface area (Å²) in [6.07, 6.45) is 0. The lowest BCUT2D eigenvalue weighted by atomic mass is 10.1. The highest BCUT2D eigenvalue weighted by Crippen LogP contribution is 2.40. The lowest BCUT2D eigenvalue weighted by molar-refractivity contribution is 1.02. The number of para-hydroxylation sites is 12. The number of benzene rings is 7. The number of hydrogen-bond donors (Lipinski definition) is 0. The van der Waals surface area contributed by atoms with Crippen LogP contribution in [0.4, 0.5) is 0 Å². The van der Waals surface area contributed by atoms with Crippen molar-refractivity contribution in [2.24, 2.45) is 0 Å². The first-order chi connectivity index (χ1) is 27.8. The van der Waals surface area contributed by atoms with Gasteiger partial charge in [-0.3, -0.25) is 26.9 Å². The van der Waals surface area contributed by atoms with Crippen LogP contribution in [0, 0.1) is 11.3 Å². The maximum Gasteiger partial charge on any atom is 0.220 e. The molecule has 56 heavy (non-hydrogen) atoms. The van der Waals surface area contributed by atoms with Gasteiger partial charge in [0.15, 0.2) is 0 Å². The van der Waals surface area contributed by atoms with Crippen molar-refractivity contribution in [2.75, 3.05) is 0 Å². The molecule has 0 saturated heterocycles. The second-order valence-electron chi connectivity index (χ2n) is 14.1. The number of imidazole rings is 6. The number of nitriles is 1. The predicted octanol–water partition coefficient (Wildman–Crippen LogP) is 9.79. The van der Waals surface area contributed by atoms with Gasteiger partial charge in [0.05, 0.1) is 83.3 Å². The van der Waals surface area contributed by atoms with Gasteiger partial charge in [0, 0.05) is 0 Å². The van der Waals surface area contributed by atoms with Gasteiger partial charge in [-0.05, 0) is 84.9 Å². The van der Waals surface area contributed by atoms with Crippen molar-refractivity contribution >= 4 is 83.5 Å². The molecule has 0 aliphatic rings. The first-order valence-corrected chi connectivity index (χ1v) is 18.5. The third-order valence-corrected chi connectivity index (χ3v) is 11.3. The molecule has 0 aliphatic carbocycles. The van der Waals surface area contributed by atoms with Gasteiger partial charge in [-0.25, -0.2) is 15.0 Å². The van der Waals surface area contributed by atoms with E-state index in [1.165, 1.54) is 0 Å². The van der Waals surface area contributed by atoms with E-state index in [0.29, 0.717) is 22.7 Å². The predicted molar refractivity (Wildman–Crippen MR) is 220 cm³/mol. The molecule has 0 bridgehead atoms. The average Bonchev–Trinajstić information content (AvgIpc) is 4.08. The zero-order valence-electron chi connectivity index (χ0n) is 29.5.